The van der Waals surface area contributed by atoms with Gasteiger partial charge in [-0.25, -0.2) is 0 Å². The van der Waals surface area contributed by atoms with Crippen LogP contribution in [0.25, 0.3) is 10.9 Å². The zero-order chi connectivity index (χ0) is 18.4. The molecule has 6 heteroatoms. The van der Waals surface area contributed by atoms with Crippen LogP contribution in [0.5, 0.6) is 0 Å². The van der Waals surface area contributed by atoms with Gasteiger partial charge in [0.05, 0.1) is 18.0 Å². The van der Waals surface area contributed by atoms with E-state index in [2.05, 4.69) is 20.9 Å². The van der Waals surface area contributed by atoms with E-state index >= 15 is 0 Å². The predicted molar refractivity (Wildman–Crippen MR) is 98.9 cm³/mol. The number of rotatable bonds is 5. The largest absolute Gasteiger partial charge is 0.481 e. The lowest BCUT2D eigenvalue weighted by atomic mass is 9.80. The average Bonchev–Trinajstić information content (AvgIpc) is 3.09. The normalized spacial score (nSPS) is 22.2. The van der Waals surface area contributed by atoms with Crippen LogP contribution in [0.15, 0.2) is 16.6 Å². The van der Waals surface area contributed by atoms with E-state index in [1.54, 1.807) is 6.92 Å². The van der Waals surface area contributed by atoms with Gasteiger partial charge in [-0.05, 0) is 43.9 Å². The standard InChI is InChI=1S/C19H22BrNO4/c1-4-8-19(18(23)24)9-11(17(22)25-5-2)13-14-12(20)7-6-10(3)15(14)21-16(13)19/h6-7,11,21H,4-5,8-9H2,1-3H3,(H,23,24). The third kappa shape index (κ3) is 2.58. The zero-order valence-corrected chi connectivity index (χ0v) is 16.2. The molecule has 2 N–H and O–H groups in total. The molecule has 1 aliphatic carbocycles. The van der Waals surface area contributed by atoms with Crippen LogP contribution in [-0.4, -0.2) is 28.6 Å². The first kappa shape index (κ1) is 18.0. The minimum atomic E-state index is -1.08. The van der Waals surface area contributed by atoms with Gasteiger partial charge in [-0.1, -0.05) is 35.3 Å². The fraction of sp³-hybridized carbons (Fsp3) is 0.474. The molecule has 25 heavy (non-hydrogen) atoms. The number of aliphatic carboxylic acids is 1. The maximum absolute atomic E-state index is 12.6. The Kier molecular flexibility index (Phi) is 4.66. The molecule has 0 saturated carbocycles. The first-order valence-corrected chi connectivity index (χ1v) is 9.37. The Morgan fingerprint density at radius 3 is 2.72 bits per heavy atom. The van der Waals surface area contributed by atoms with E-state index in [9.17, 15) is 14.7 Å². The van der Waals surface area contributed by atoms with Crippen molar-refractivity contribution in [3.05, 3.63) is 33.4 Å². The number of hydrogen-bond acceptors (Lipinski definition) is 3. The number of esters is 1. The monoisotopic (exact) mass is 407 g/mol. The number of hydrogen-bond donors (Lipinski definition) is 2. The summed E-state index contributed by atoms with van der Waals surface area (Å²) in [6, 6.07) is 3.91. The van der Waals surface area contributed by atoms with Gasteiger partial charge in [-0.2, -0.15) is 0 Å². The molecule has 3 rings (SSSR count). The Morgan fingerprint density at radius 2 is 2.12 bits per heavy atom. The highest BCUT2D eigenvalue weighted by atomic mass is 79.9. The van der Waals surface area contributed by atoms with E-state index < -0.39 is 17.3 Å². The Hall–Kier alpha value is -1.82. The number of carbonyl (C=O) groups excluding carboxylic acids is 1. The van der Waals surface area contributed by atoms with Crippen molar-refractivity contribution in [2.45, 2.75) is 51.4 Å². The van der Waals surface area contributed by atoms with Crippen LogP contribution in [0, 0.1) is 6.92 Å². The number of fused-ring (bicyclic) bond motifs is 3. The lowest BCUT2D eigenvalue weighted by molar-refractivity contribution is -0.147. The molecule has 0 bridgehead atoms. The summed E-state index contributed by atoms with van der Waals surface area (Å²) in [6.07, 6.45) is 1.44. The van der Waals surface area contributed by atoms with Gasteiger partial charge in [0.15, 0.2) is 0 Å². The van der Waals surface area contributed by atoms with E-state index in [0.717, 1.165) is 32.9 Å². The summed E-state index contributed by atoms with van der Waals surface area (Å²) >= 11 is 3.57. The van der Waals surface area contributed by atoms with Crippen molar-refractivity contribution in [2.24, 2.45) is 0 Å². The number of halogens is 1. The van der Waals surface area contributed by atoms with Crippen LogP contribution in [0.3, 0.4) is 0 Å². The Bertz CT molecular complexity index is 857. The van der Waals surface area contributed by atoms with Crippen molar-refractivity contribution in [1.29, 1.82) is 0 Å². The highest BCUT2D eigenvalue weighted by molar-refractivity contribution is 9.10. The Balaban J connectivity index is 2.34. The van der Waals surface area contributed by atoms with E-state index in [-0.39, 0.29) is 19.0 Å². The summed E-state index contributed by atoms with van der Waals surface area (Å²) < 4.78 is 6.12. The van der Waals surface area contributed by atoms with Crippen LogP contribution in [0.2, 0.25) is 0 Å². The molecule has 0 amide bonds. The number of carboxylic acids is 1. The molecule has 1 aromatic carbocycles. The number of carbonyl (C=O) groups is 2. The van der Waals surface area contributed by atoms with Gasteiger partial charge in [0.25, 0.3) is 0 Å². The lowest BCUT2D eigenvalue weighted by Gasteiger charge is -2.24. The van der Waals surface area contributed by atoms with Crippen molar-refractivity contribution in [3.8, 4) is 0 Å². The highest BCUT2D eigenvalue weighted by Crippen LogP contribution is 2.53. The molecule has 0 aliphatic heterocycles. The third-order valence-electron chi connectivity index (χ3n) is 5.19. The Morgan fingerprint density at radius 1 is 1.40 bits per heavy atom. The number of aryl methyl sites for hydroxylation is 1. The minimum Gasteiger partial charge on any atom is -0.481 e. The Labute approximate surface area is 154 Å². The van der Waals surface area contributed by atoms with Crippen LogP contribution in [0.1, 0.15) is 55.8 Å². The number of aromatic amines is 1. The molecule has 2 unspecified atom stereocenters. The molecule has 0 radical (unpaired) electrons. The molecule has 5 nitrogen and oxygen atoms in total. The zero-order valence-electron chi connectivity index (χ0n) is 14.6. The van der Waals surface area contributed by atoms with Gasteiger partial charge in [-0.15, -0.1) is 0 Å². The molecule has 0 spiro atoms. The molecule has 2 atom stereocenters. The van der Waals surface area contributed by atoms with Gasteiger partial charge in [0, 0.05) is 15.6 Å². The first-order chi connectivity index (χ1) is 11.9. The van der Waals surface area contributed by atoms with Crippen LogP contribution >= 0.6 is 15.9 Å². The van der Waals surface area contributed by atoms with Crippen LogP contribution < -0.4 is 0 Å². The second-order valence-electron chi connectivity index (χ2n) is 6.67. The van der Waals surface area contributed by atoms with Crippen molar-refractivity contribution in [2.75, 3.05) is 6.61 Å². The number of H-pyrrole nitrogens is 1. The average molecular weight is 408 g/mol. The van der Waals surface area contributed by atoms with Gasteiger partial charge in [0.2, 0.25) is 0 Å². The third-order valence-corrected chi connectivity index (χ3v) is 5.85. The summed E-state index contributed by atoms with van der Waals surface area (Å²) in [6.45, 7) is 5.98. The summed E-state index contributed by atoms with van der Waals surface area (Å²) in [7, 11) is 0. The smallest absolute Gasteiger partial charge is 0.315 e. The predicted octanol–water partition coefficient (Wildman–Crippen LogP) is 4.41. The van der Waals surface area contributed by atoms with Crippen LogP contribution in [0.4, 0.5) is 0 Å². The highest BCUT2D eigenvalue weighted by Gasteiger charge is 2.53. The molecule has 134 valence electrons. The van der Waals surface area contributed by atoms with Crippen molar-refractivity contribution < 1.29 is 19.4 Å². The van der Waals surface area contributed by atoms with Gasteiger partial charge < -0.3 is 14.8 Å². The van der Waals surface area contributed by atoms with Crippen molar-refractivity contribution in [1.82, 2.24) is 4.98 Å². The summed E-state index contributed by atoms with van der Waals surface area (Å²) in [5.41, 5.74) is 2.26. The van der Waals surface area contributed by atoms with E-state index in [0.29, 0.717) is 12.1 Å². The van der Waals surface area contributed by atoms with E-state index in [1.807, 2.05) is 26.0 Å². The molecule has 0 fully saturated rings. The molecule has 2 aromatic rings. The maximum atomic E-state index is 12.6. The fourth-order valence-corrected chi connectivity index (χ4v) is 4.64. The van der Waals surface area contributed by atoms with Gasteiger partial charge >= 0.3 is 11.9 Å². The molecular weight excluding hydrogens is 386 g/mol. The van der Waals surface area contributed by atoms with Crippen molar-refractivity contribution >= 4 is 38.8 Å². The number of carboxylic acid groups (broad SMARTS) is 1. The van der Waals surface area contributed by atoms with Crippen molar-refractivity contribution in [3.63, 3.8) is 0 Å². The quantitative estimate of drug-likeness (QED) is 0.719. The van der Waals surface area contributed by atoms with E-state index in [4.69, 9.17) is 4.74 Å². The van der Waals surface area contributed by atoms with Crippen LogP contribution in [-0.2, 0) is 19.7 Å². The molecule has 1 heterocycles. The molecule has 1 aliphatic rings. The lowest BCUT2D eigenvalue weighted by Crippen LogP contribution is -2.34. The fourth-order valence-electron chi connectivity index (χ4n) is 4.10. The van der Waals surface area contributed by atoms with Gasteiger partial charge in [0.1, 0.15) is 5.41 Å². The van der Waals surface area contributed by atoms with E-state index in [1.165, 1.54) is 0 Å². The number of aromatic nitrogens is 1. The first-order valence-electron chi connectivity index (χ1n) is 8.58. The molecule has 1 aromatic heterocycles. The number of benzene rings is 1. The summed E-state index contributed by atoms with van der Waals surface area (Å²) in [4.78, 5) is 28.2. The maximum Gasteiger partial charge on any atom is 0.315 e. The SMILES string of the molecule is CCCC1(C(=O)O)CC(C(=O)OCC)c2c1[nH]c1c(C)ccc(Br)c21. The molecular formula is C19H22BrNO4. The van der Waals surface area contributed by atoms with Gasteiger partial charge in [-0.3, -0.25) is 9.59 Å². The minimum absolute atomic E-state index is 0.243. The summed E-state index contributed by atoms with van der Waals surface area (Å²) in [5.74, 6) is -1.80. The number of nitrogens with one attached hydrogen (secondary N) is 1. The molecule has 0 saturated heterocycles. The summed E-state index contributed by atoms with van der Waals surface area (Å²) in [5, 5.41) is 10.9. The second kappa shape index (κ2) is 6.48. The second-order valence-corrected chi connectivity index (χ2v) is 7.53. The topological polar surface area (TPSA) is 79.4 Å². The number of ether oxygens (including phenoxy) is 1.